The van der Waals surface area contributed by atoms with Gasteiger partial charge >= 0.3 is 28.3 Å². The van der Waals surface area contributed by atoms with E-state index in [2.05, 4.69) is 284 Å². The van der Waals surface area contributed by atoms with Crippen LogP contribution in [0.3, 0.4) is 0 Å². The third-order valence-corrected chi connectivity index (χ3v) is 35.2. The molecule has 18 rings (SSSR count). The molecule has 688 valence electrons. The van der Waals surface area contributed by atoms with Gasteiger partial charge in [0.15, 0.2) is 54.2 Å². The Labute approximate surface area is 764 Å². The molecule has 0 aromatic heterocycles. The Kier molecular flexibility index (Phi) is 35.2. The predicted octanol–water partition coefficient (Wildman–Crippen LogP) is 27.6. The molecule has 24 heteroatoms. The van der Waals surface area contributed by atoms with Crippen molar-refractivity contribution in [3.63, 3.8) is 0 Å². The van der Waals surface area contributed by atoms with E-state index in [9.17, 15) is 66.1 Å². The number of hydrogen-bond acceptors (Lipinski definition) is 7. The number of rotatable bonds is 23. The van der Waals surface area contributed by atoms with Crippen LogP contribution >= 0.6 is 0 Å². The summed E-state index contributed by atoms with van der Waals surface area (Å²) in [6.45, 7) is 2.16. The Hall–Kier alpha value is -8.65. The van der Waals surface area contributed by atoms with Crippen molar-refractivity contribution in [2.75, 3.05) is 13.1 Å². The van der Waals surface area contributed by atoms with E-state index in [1.807, 2.05) is 0 Å². The van der Waals surface area contributed by atoms with Gasteiger partial charge in [-0.2, -0.15) is 43.9 Å². The highest BCUT2D eigenvalue weighted by Gasteiger charge is 2.80. The van der Waals surface area contributed by atoms with Gasteiger partial charge in [0.2, 0.25) is 0 Å². The zero-order valence-corrected chi connectivity index (χ0v) is 77.2. The Morgan fingerprint density at radius 1 is 0.349 bits per heavy atom. The number of halogens is 10. The van der Waals surface area contributed by atoms with Crippen LogP contribution < -0.4 is 10.6 Å². The normalized spacial score (nSPS) is 19.5. The minimum absolute atomic E-state index is 0.0146. The summed E-state index contributed by atoms with van der Waals surface area (Å²) in [4.78, 5) is 33.3. The maximum atomic E-state index is 15.4. The van der Waals surface area contributed by atoms with Crippen molar-refractivity contribution in [2.45, 2.75) is 276 Å². The molecular formula is C105H118F10N2O7S5+2. The second-order valence-corrected chi connectivity index (χ2v) is 44.9. The van der Waals surface area contributed by atoms with Gasteiger partial charge in [-0.15, -0.1) is 0 Å². The van der Waals surface area contributed by atoms with Crippen LogP contribution in [0.4, 0.5) is 43.9 Å². The molecule has 9 nitrogen and oxygen atoms in total. The lowest BCUT2D eigenvalue weighted by molar-refractivity contribution is -0.245. The van der Waals surface area contributed by atoms with Crippen molar-refractivity contribution in [2.24, 2.45) is 29.1 Å². The Bertz CT molecular complexity index is 4710. The maximum Gasteiger partial charge on any atom is 0.418 e. The van der Waals surface area contributed by atoms with E-state index in [0.717, 1.165) is 113 Å². The van der Waals surface area contributed by atoms with Crippen molar-refractivity contribution < 1.29 is 74.9 Å². The molecule has 4 bridgehead atoms. The maximum absolute atomic E-state index is 15.4. The van der Waals surface area contributed by atoms with Crippen molar-refractivity contribution in [1.82, 2.24) is 10.6 Å². The number of hydrogen-bond donors (Lipinski definition) is 2. The van der Waals surface area contributed by atoms with Gasteiger partial charge < -0.3 is 15.2 Å². The van der Waals surface area contributed by atoms with Gasteiger partial charge in [-0.3, -0.25) is 9.59 Å². The van der Waals surface area contributed by atoms with E-state index in [1.165, 1.54) is 81.9 Å². The molecule has 8 fully saturated rings. The fourth-order valence-electron chi connectivity index (χ4n) is 19.7. The molecule has 10 aromatic rings. The van der Waals surface area contributed by atoms with Gasteiger partial charge in [0.1, 0.15) is 0 Å². The summed E-state index contributed by atoms with van der Waals surface area (Å²) >= 11 is 0. The van der Waals surface area contributed by atoms with Crippen molar-refractivity contribution in [3.05, 3.63) is 302 Å². The zero-order chi connectivity index (χ0) is 91.9. The smallest absolute Gasteiger partial charge is 0.418 e. The van der Waals surface area contributed by atoms with Crippen molar-refractivity contribution in [1.29, 1.82) is 0 Å². The Morgan fingerprint density at radius 3 is 0.837 bits per heavy atom. The number of carbonyl (C=O) groups is 2. The second-order valence-electron chi connectivity index (χ2n) is 35.4. The lowest BCUT2D eigenvalue weighted by Gasteiger charge is -2.56. The molecule has 10 aromatic carbocycles. The molecule has 8 saturated carbocycles. The van der Waals surface area contributed by atoms with Gasteiger partial charge in [0.25, 0.3) is 21.7 Å². The molecule has 0 saturated heterocycles. The average molecular weight is 1870 g/mol. The number of carbonyl (C=O) groups excluding carboxylic acids is 2. The van der Waals surface area contributed by atoms with Crippen molar-refractivity contribution >= 4 is 64.5 Å². The number of benzene rings is 10. The van der Waals surface area contributed by atoms with Crippen LogP contribution in [0.2, 0.25) is 0 Å². The second kappa shape index (κ2) is 45.7. The monoisotopic (exact) mass is 1870 g/mol. The molecular weight excluding hydrogens is 1750 g/mol. The fraction of sp³-hybridized carbons (Fsp3) is 0.410. The van der Waals surface area contributed by atoms with Crippen LogP contribution in [0.5, 0.6) is 0 Å². The van der Waals surface area contributed by atoms with E-state index < -0.39 is 76.8 Å². The molecule has 0 aliphatic heterocycles. The van der Waals surface area contributed by atoms with Gasteiger partial charge in [-0.1, -0.05) is 253 Å². The van der Waals surface area contributed by atoms with E-state index in [4.69, 9.17) is 0 Å². The van der Waals surface area contributed by atoms with Crippen LogP contribution in [0.25, 0.3) is 0 Å². The van der Waals surface area contributed by atoms with Crippen molar-refractivity contribution in [3.8, 4) is 0 Å². The highest BCUT2D eigenvalue weighted by molar-refractivity contribution is 7.97. The molecule has 0 spiro atoms. The lowest BCUT2D eigenvalue weighted by atomic mass is 9.49. The number of alkyl halides is 10. The molecule has 129 heavy (non-hydrogen) atoms. The fourth-order valence-corrected chi connectivity index (χ4v) is 28.3. The quantitative estimate of drug-likeness (QED) is 0.0368. The van der Waals surface area contributed by atoms with E-state index >= 15 is 8.78 Å². The first kappa shape index (κ1) is 99.4. The number of sulfone groups is 1. The average Bonchev–Trinajstić information content (AvgIpc) is 0.703. The van der Waals surface area contributed by atoms with Gasteiger partial charge in [0.05, 0.1) is 37.6 Å². The highest BCUT2D eigenvalue weighted by Crippen LogP contribution is 2.60. The highest BCUT2D eigenvalue weighted by atomic mass is 32.2. The number of nitrogens with one attached hydrogen (secondary N) is 2. The molecule has 0 heterocycles. The lowest BCUT2D eigenvalue weighted by Crippen LogP contribution is -2.60. The van der Waals surface area contributed by atoms with E-state index in [1.54, 1.807) is 0 Å². The summed E-state index contributed by atoms with van der Waals surface area (Å²) < 4.78 is 199. The molecule has 0 unspecified atom stereocenters. The van der Waals surface area contributed by atoms with Crippen LogP contribution in [-0.2, 0) is 62.2 Å². The summed E-state index contributed by atoms with van der Waals surface area (Å²) in [6.07, 6.45) is 23.4. The molecule has 2 amide bonds. The predicted molar refractivity (Wildman–Crippen MR) is 495 cm³/mol. The summed E-state index contributed by atoms with van der Waals surface area (Å²) in [5, 5.41) is -8.66. The first-order chi connectivity index (χ1) is 61.7. The Morgan fingerprint density at radius 2 is 0.589 bits per heavy atom. The zero-order valence-electron chi connectivity index (χ0n) is 73.2. The Balaban J connectivity index is 0.000000146. The minimum atomic E-state index is -7.35. The SMILES string of the molecule is CC(F)(F)C(=O)NCC12CC3CC(CC(C3)C1)C2.CC(F)(F)C(=O)NCC1CCCCC1.O=S(=O)([O-])C(F)(F)C(F)(F)C(F)(F)S(=O)(=O)c1c(C2CCCCC2)cc(C2CCCCC2)cc1C1CCCCC1.c1ccc([S+](c2ccccc2)c2ccccc2)cc1.c1ccc([S+](c2ccccc2)c2ccccc2)cc1.c1ccc([S+](c2ccccc2)c2ccccc2)cc1. The van der Waals surface area contributed by atoms with E-state index in [0.29, 0.717) is 84.2 Å². The van der Waals surface area contributed by atoms with Gasteiger partial charge in [-0.05, 0) is 263 Å². The molecule has 0 radical (unpaired) electrons. The standard InChI is InChI=1S/C27H36F6O5S2.3C18H15S.C14H21F2NO.C10H17F2NO/c28-25(29,27(32,33)40(36,37)38)26(30,31)39(34,35)24-22(19-12-6-2-7-13-19)16-21(18-10-4-1-5-11-18)17-23(24)20-14-8-3-9-15-20;3*1-4-10-16(11-5-1)19(17-12-6-2-7-13-17)18-14-8-3-9-15-18;1-13(15,16)12(18)17-8-14-5-9-2-10(6-14)4-11(3-9)7-14;1-10(11,12)9(14)13-7-8-5-3-2-4-6-8/h16-20H,1-15H2,(H,36,37,38);3*1-15H;9-11H,2-8H2,1H3,(H,17,18);8H,2-7H2,1H3,(H,13,14)/q;3*+1;;/p-1. The van der Waals surface area contributed by atoms with Gasteiger partial charge in [0, 0.05) is 26.9 Å². The molecule has 8 aliphatic carbocycles. The first-order valence-corrected chi connectivity index (χ1v) is 51.8. The number of amides is 2. The molecule has 0 atom stereocenters. The van der Waals surface area contributed by atoms with Crippen LogP contribution in [-0.4, -0.2) is 74.6 Å². The van der Waals surface area contributed by atoms with Gasteiger partial charge in [-0.25, -0.2) is 16.8 Å². The topological polar surface area (TPSA) is 150 Å². The summed E-state index contributed by atoms with van der Waals surface area (Å²) in [5.41, 5.74) is 0.719. The van der Waals surface area contributed by atoms with Crippen LogP contribution in [0.15, 0.2) is 334 Å². The minimum Gasteiger partial charge on any atom is -0.743 e. The summed E-state index contributed by atoms with van der Waals surface area (Å²) in [5.74, 6) is -14.1. The van der Waals surface area contributed by atoms with Crippen LogP contribution in [0, 0.1) is 29.1 Å². The largest absolute Gasteiger partial charge is 0.743 e. The summed E-state index contributed by atoms with van der Waals surface area (Å²) in [7, 11) is -14.0. The molecule has 8 aliphatic rings. The third kappa shape index (κ3) is 26.0. The first-order valence-electron chi connectivity index (χ1n) is 45.3. The van der Waals surface area contributed by atoms with Crippen LogP contribution in [0.1, 0.15) is 215 Å². The summed E-state index contributed by atoms with van der Waals surface area (Å²) in [6, 6.07) is 99.4. The van der Waals surface area contributed by atoms with E-state index in [-0.39, 0.29) is 55.1 Å². The third-order valence-electron chi connectivity index (χ3n) is 25.7. The molecule has 2 N–H and O–H groups in total.